The van der Waals surface area contributed by atoms with Gasteiger partial charge in [0.15, 0.2) is 0 Å². The molecule has 2 fully saturated rings. The van der Waals surface area contributed by atoms with Gasteiger partial charge in [0.05, 0.1) is 12.6 Å². The molecule has 0 radical (unpaired) electrons. The maximum Gasteiger partial charge on any atom is 0.411 e. The van der Waals surface area contributed by atoms with Crippen LogP contribution >= 0.6 is 0 Å². The van der Waals surface area contributed by atoms with Crippen LogP contribution in [0.25, 0.3) is 0 Å². The van der Waals surface area contributed by atoms with Crippen LogP contribution in [0.1, 0.15) is 32.6 Å². The fourth-order valence-corrected chi connectivity index (χ4v) is 2.25. The van der Waals surface area contributed by atoms with Crippen LogP contribution in [0.3, 0.4) is 0 Å². The Labute approximate surface area is 90.8 Å². The predicted molar refractivity (Wildman–Crippen MR) is 57.2 cm³/mol. The summed E-state index contributed by atoms with van der Waals surface area (Å²) in [6, 6.07) is 0.350. The highest BCUT2D eigenvalue weighted by molar-refractivity contribution is 5.70. The molecule has 1 aliphatic carbocycles. The maximum absolute atomic E-state index is 11.7. The van der Waals surface area contributed by atoms with Crippen molar-refractivity contribution in [1.29, 1.82) is 0 Å². The van der Waals surface area contributed by atoms with E-state index in [0.717, 1.165) is 25.7 Å². The number of carbonyl (C=O) groups excluding carboxylic acids is 1. The molecule has 0 unspecified atom stereocenters. The number of amides is 1. The summed E-state index contributed by atoms with van der Waals surface area (Å²) in [7, 11) is 0. The Morgan fingerprint density at radius 3 is 3.07 bits per heavy atom. The summed E-state index contributed by atoms with van der Waals surface area (Å²) in [6.45, 7) is 2.59. The molecule has 1 saturated carbocycles. The van der Waals surface area contributed by atoms with Gasteiger partial charge in [-0.3, -0.25) is 4.90 Å². The van der Waals surface area contributed by atoms with Crippen LogP contribution in [0.5, 0.6) is 0 Å². The van der Waals surface area contributed by atoms with E-state index < -0.39 is 0 Å². The summed E-state index contributed by atoms with van der Waals surface area (Å²) >= 11 is 0. The van der Waals surface area contributed by atoms with Crippen molar-refractivity contribution in [3.05, 3.63) is 0 Å². The van der Waals surface area contributed by atoms with E-state index in [1.807, 2.05) is 0 Å². The molecule has 1 heterocycles. The lowest BCUT2D eigenvalue weighted by Gasteiger charge is -2.22. The Balaban J connectivity index is 1.86. The summed E-state index contributed by atoms with van der Waals surface area (Å²) in [5.74, 6) is 3.31. The normalized spacial score (nSPS) is 32.0. The Bertz CT molecular complexity index is 294. The van der Waals surface area contributed by atoms with Crippen LogP contribution in [0.2, 0.25) is 0 Å². The van der Waals surface area contributed by atoms with Gasteiger partial charge in [-0.25, -0.2) is 4.79 Å². The highest BCUT2D eigenvalue weighted by atomic mass is 16.6. The third-order valence-electron chi connectivity index (χ3n) is 3.23. The van der Waals surface area contributed by atoms with Crippen molar-refractivity contribution in [2.75, 3.05) is 6.61 Å². The Hall–Kier alpha value is -1.17. The molecular formula is C12H17NO2. The van der Waals surface area contributed by atoms with Crippen LogP contribution in [-0.4, -0.2) is 29.7 Å². The molecule has 2 rings (SSSR count). The Morgan fingerprint density at radius 1 is 1.60 bits per heavy atom. The van der Waals surface area contributed by atoms with Crippen molar-refractivity contribution in [3.8, 4) is 12.3 Å². The third kappa shape index (κ3) is 1.94. The molecule has 0 aromatic carbocycles. The van der Waals surface area contributed by atoms with Crippen LogP contribution in [0, 0.1) is 18.3 Å². The first kappa shape index (κ1) is 10.4. The molecular weight excluding hydrogens is 190 g/mol. The van der Waals surface area contributed by atoms with Gasteiger partial charge in [-0.15, -0.1) is 6.42 Å². The average molecular weight is 207 g/mol. The van der Waals surface area contributed by atoms with Crippen LogP contribution in [0.4, 0.5) is 4.79 Å². The zero-order valence-electron chi connectivity index (χ0n) is 9.11. The van der Waals surface area contributed by atoms with E-state index in [2.05, 4.69) is 12.8 Å². The number of fused-ring (bicyclic) bond motifs is 1. The molecule has 0 aromatic heterocycles. The SMILES string of the molecule is C#C[C@H]1C[C@@H]2C[C@@H]2N1C(=O)OCCCC. The topological polar surface area (TPSA) is 29.5 Å². The smallest absolute Gasteiger partial charge is 0.411 e. The second-order valence-corrected chi connectivity index (χ2v) is 4.36. The lowest BCUT2D eigenvalue weighted by atomic mass is 10.2. The molecule has 1 saturated heterocycles. The minimum atomic E-state index is -0.212. The van der Waals surface area contributed by atoms with Gasteiger partial charge in [0.25, 0.3) is 0 Å². The number of unbranched alkanes of at least 4 members (excludes halogenated alkanes) is 1. The molecule has 3 nitrogen and oxygen atoms in total. The maximum atomic E-state index is 11.7. The van der Waals surface area contributed by atoms with Gasteiger partial charge < -0.3 is 4.74 Å². The van der Waals surface area contributed by atoms with Crippen LogP contribution < -0.4 is 0 Å². The first-order chi connectivity index (χ1) is 7.27. The number of likely N-dealkylation sites (tertiary alicyclic amines) is 1. The standard InChI is InChI=1S/C12H17NO2/c1-3-5-6-15-12(14)13-10(4-2)7-9-8-11(9)13/h2,9-11H,3,5-8H2,1H3/t9-,10+,11+/m1/s1. The molecule has 0 bridgehead atoms. The van der Waals surface area contributed by atoms with E-state index in [0.29, 0.717) is 18.6 Å². The van der Waals surface area contributed by atoms with E-state index in [1.165, 1.54) is 0 Å². The number of rotatable bonds is 3. The summed E-state index contributed by atoms with van der Waals surface area (Å²) in [6.07, 6.45) is 9.23. The second kappa shape index (κ2) is 4.14. The molecule has 0 aromatic rings. The van der Waals surface area contributed by atoms with E-state index in [4.69, 9.17) is 11.2 Å². The quantitative estimate of drug-likeness (QED) is 0.523. The molecule has 3 atom stereocenters. The lowest BCUT2D eigenvalue weighted by molar-refractivity contribution is 0.0969. The molecule has 3 heteroatoms. The van der Waals surface area contributed by atoms with Crippen molar-refractivity contribution >= 4 is 6.09 Å². The zero-order valence-corrected chi connectivity index (χ0v) is 9.11. The molecule has 2 aliphatic rings. The highest BCUT2D eigenvalue weighted by Crippen LogP contribution is 2.47. The minimum Gasteiger partial charge on any atom is -0.449 e. The van der Waals surface area contributed by atoms with Gasteiger partial charge in [0.1, 0.15) is 0 Å². The fourth-order valence-electron chi connectivity index (χ4n) is 2.25. The van der Waals surface area contributed by atoms with Gasteiger partial charge in [-0.2, -0.15) is 0 Å². The number of nitrogens with zero attached hydrogens (tertiary/aromatic N) is 1. The van der Waals surface area contributed by atoms with Crippen molar-refractivity contribution in [3.63, 3.8) is 0 Å². The number of carbonyl (C=O) groups is 1. The predicted octanol–water partition coefficient (Wildman–Crippen LogP) is 2.02. The highest BCUT2D eigenvalue weighted by Gasteiger charge is 2.54. The molecule has 15 heavy (non-hydrogen) atoms. The van der Waals surface area contributed by atoms with Gasteiger partial charge in [0, 0.05) is 6.04 Å². The first-order valence-electron chi connectivity index (χ1n) is 5.69. The summed E-state index contributed by atoms with van der Waals surface area (Å²) < 4.78 is 5.19. The first-order valence-corrected chi connectivity index (χ1v) is 5.69. The summed E-state index contributed by atoms with van der Waals surface area (Å²) in [5.41, 5.74) is 0. The Kier molecular flexibility index (Phi) is 2.86. The van der Waals surface area contributed by atoms with E-state index >= 15 is 0 Å². The zero-order chi connectivity index (χ0) is 10.8. The molecule has 0 spiro atoms. The lowest BCUT2D eigenvalue weighted by Crippen LogP contribution is -2.38. The molecule has 1 aliphatic heterocycles. The van der Waals surface area contributed by atoms with Crippen molar-refractivity contribution < 1.29 is 9.53 Å². The van der Waals surface area contributed by atoms with Gasteiger partial charge in [-0.05, 0) is 25.2 Å². The van der Waals surface area contributed by atoms with Gasteiger partial charge >= 0.3 is 6.09 Å². The van der Waals surface area contributed by atoms with Gasteiger partial charge in [-0.1, -0.05) is 19.3 Å². The largest absolute Gasteiger partial charge is 0.449 e. The minimum absolute atomic E-state index is 0.0251. The van der Waals surface area contributed by atoms with E-state index in [9.17, 15) is 4.79 Å². The number of terminal acetylenes is 1. The molecule has 0 N–H and O–H groups in total. The summed E-state index contributed by atoms with van der Waals surface area (Å²) in [5, 5.41) is 0. The number of hydrogen-bond acceptors (Lipinski definition) is 2. The second-order valence-electron chi connectivity index (χ2n) is 4.36. The summed E-state index contributed by atoms with van der Waals surface area (Å²) in [4.78, 5) is 13.5. The number of ether oxygens (including phenoxy) is 1. The van der Waals surface area contributed by atoms with E-state index in [1.54, 1.807) is 4.90 Å². The molecule has 1 amide bonds. The van der Waals surface area contributed by atoms with Gasteiger partial charge in [0.2, 0.25) is 0 Å². The van der Waals surface area contributed by atoms with Crippen molar-refractivity contribution in [2.24, 2.45) is 5.92 Å². The fraction of sp³-hybridized carbons (Fsp3) is 0.750. The third-order valence-corrected chi connectivity index (χ3v) is 3.23. The van der Waals surface area contributed by atoms with Crippen molar-refractivity contribution in [2.45, 2.75) is 44.7 Å². The number of hydrogen-bond donors (Lipinski definition) is 0. The molecule has 82 valence electrons. The Morgan fingerprint density at radius 2 is 2.40 bits per heavy atom. The monoisotopic (exact) mass is 207 g/mol. The average Bonchev–Trinajstić information content (AvgIpc) is 2.89. The number of piperidine rings is 1. The van der Waals surface area contributed by atoms with Crippen LogP contribution in [0.15, 0.2) is 0 Å². The van der Waals surface area contributed by atoms with Crippen molar-refractivity contribution in [1.82, 2.24) is 4.90 Å². The van der Waals surface area contributed by atoms with Crippen LogP contribution in [-0.2, 0) is 4.74 Å². The van der Waals surface area contributed by atoms with E-state index in [-0.39, 0.29) is 12.1 Å².